The van der Waals surface area contributed by atoms with Crippen molar-refractivity contribution in [3.05, 3.63) is 92.5 Å². The number of aromatic amines is 1. The Labute approximate surface area is 166 Å². The van der Waals surface area contributed by atoms with Gasteiger partial charge in [0.15, 0.2) is 0 Å². The molecule has 0 unspecified atom stereocenters. The summed E-state index contributed by atoms with van der Waals surface area (Å²) in [5.41, 5.74) is 1.50. The lowest BCUT2D eigenvalue weighted by Crippen LogP contribution is -2.29. The van der Waals surface area contributed by atoms with E-state index in [2.05, 4.69) is 15.7 Å². The summed E-state index contributed by atoms with van der Waals surface area (Å²) in [7, 11) is 0. The number of hydrogen-bond donors (Lipinski definition) is 3. The summed E-state index contributed by atoms with van der Waals surface area (Å²) >= 11 is 0. The fraction of sp³-hybridized carbons (Fsp3) is 0.143. The highest BCUT2D eigenvalue weighted by Gasteiger charge is 2.13. The van der Waals surface area contributed by atoms with Gasteiger partial charge in [-0.2, -0.15) is 0 Å². The lowest BCUT2D eigenvalue weighted by Gasteiger charge is -2.12. The van der Waals surface area contributed by atoms with Crippen molar-refractivity contribution in [3.63, 3.8) is 0 Å². The lowest BCUT2D eigenvalue weighted by molar-refractivity contribution is -0.116. The first kappa shape index (κ1) is 19.8. The molecule has 148 valence electrons. The molecule has 1 heterocycles. The van der Waals surface area contributed by atoms with E-state index in [9.17, 15) is 19.2 Å². The Kier molecular flexibility index (Phi) is 6.03. The van der Waals surface area contributed by atoms with Gasteiger partial charge in [0.1, 0.15) is 0 Å². The summed E-state index contributed by atoms with van der Waals surface area (Å²) < 4.78 is 1.07. The van der Waals surface area contributed by atoms with Crippen LogP contribution < -0.4 is 21.8 Å². The molecule has 8 nitrogen and oxygen atoms in total. The topological polar surface area (TPSA) is 113 Å². The zero-order valence-electron chi connectivity index (χ0n) is 15.8. The first-order valence-electron chi connectivity index (χ1n) is 8.99. The summed E-state index contributed by atoms with van der Waals surface area (Å²) in [4.78, 5) is 48.0. The molecular weight excluding hydrogens is 372 g/mol. The molecule has 2 aromatic carbocycles. The summed E-state index contributed by atoms with van der Waals surface area (Å²) in [5, 5.41) is 7.86. The molecule has 2 amide bonds. The molecule has 0 bridgehead atoms. The van der Waals surface area contributed by atoms with Gasteiger partial charge < -0.3 is 10.6 Å². The highest BCUT2D eigenvalue weighted by molar-refractivity contribution is 6.10. The Bertz CT molecular complexity index is 1160. The molecule has 0 aliphatic rings. The number of nitrogens with one attached hydrogen (secondary N) is 3. The minimum Gasteiger partial charge on any atom is -0.325 e. The predicted molar refractivity (Wildman–Crippen MR) is 110 cm³/mol. The molecule has 0 saturated carbocycles. The fourth-order valence-electron chi connectivity index (χ4n) is 2.77. The molecule has 3 rings (SSSR count). The third kappa shape index (κ3) is 5.29. The molecule has 0 saturated heterocycles. The van der Waals surface area contributed by atoms with Gasteiger partial charge in [-0.1, -0.05) is 24.3 Å². The summed E-state index contributed by atoms with van der Waals surface area (Å²) in [6, 6.07) is 16.3. The van der Waals surface area contributed by atoms with Gasteiger partial charge in [-0.15, -0.1) is 0 Å². The van der Waals surface area contributed by atoms with Crippen molar-refractivity contribution in [3.8, 4) is 0 Å². The van der Waals surface area contributed by atoms with E-state index in [4.69, 9.17) is 0 Å². The van der Waals surface area contributed by atoms with Gasteiger partial charge in [0, 0.05) is 24.2 Å². The van der Waals surface area contributed by atoms with E-state index in [1.165, 1.54) is 0 Å². The molecule has 0 aliphatic heterocycles. The number of aryl methyl sites for hydroxylation is 2. The number of rotatable bonds is 6. The Morgan fingerprint density at radius 1 is 0.966 bits per heavy atom. The first-order chi connectivity index (χ1) is 13.9. The van der Waals surface area contributed by atoms with E-state index in [1.807, 2.05) is 25.1 Å². The van der Waals surface area contributed by atoms with Crippen molar-refractivity contribution in [2.45, 2.75) is 19.9 Å². The maximum Gasteiger partial charge on any atom is 0.265 e. The zero-order chi connectivity index (χ0) is 20.8. The van der Waals surface area contributed by atoms with Crippen LogP contribution in [0, 0.1) is 6.92 Å². The average molecular weight is 392 g/mol. The normalized spacial score (nSPS) is 10.4. The second-order valence-corrected chi connectivity index (χ2v) is 6.47. The number of carbonyl (C=O) groups excluding carboxylic acids is 2. The number of benzene rings is 2. The number of anilines is 2. The number of H-pyrrole nitrogens is 1. The van der Waals surface area contributed by atoms with Crippen molar-refractivity contribution in [2.75, 3.05) is 10.6 Å². The molecule has 0 aliphatic carbocycles. The van der Waals surface area contributed by atoms with Crippen LogP contribution in [0.15, 0.2) is 70.3 Å². The second kappa shape index (κ2) is 8.83. The lowest BCUT2D eigenvalue weighted by atomic mass is 10.1. The number of nitrogens with zero attached hydrogens (tertiary/aromatic N) is 1. The van der Waals surface area contributed by atoms with Crippen molar-refractivity contribution >= 4 is 23.2 Å². The first-order valence-corrected chi connectivity index (χ1v) is 8.99. The predicted octanol–water partition coefficient (Wildman–Crippen LogP) is 2.13. The third-order valence-corrected chi connectivity index (χ3v) is 4.17. The van der Waals surface area contributed by atoms with Crippen molar-refractivity contribution in [1.29, 1.82) is 0 Å². The molecule has 8 heteroatoms. The van der Waals surface area contributed by atoms with Crippen molar-refractivity contribution < 1.29 is 9.59 Å². The smallest absolute Gasteiger partial charge is 0.265 e. The van der Waals surface area contributed by atoms with Crippen LogP contribution in [0.25, 0.3) is 0 Å². The number of hydrogen-bond acceptors (Lipinski definition) is 4. The summed E-state index contributed by atoms with van der Waals surface area (Å²) in [6.07, 6.45) is -0.0479. The van der Waals surface area contributed by atoms with Gasteiger partial charge in [0.05, 0.1) is 17.8 Å². The largest absolute Gasteiger partial charge is 0.325 e. The molecule has 3 aromatic rings. The minimum atomic E-state index is -0.428. The van der Waals surface area contributed by atoms with Crippen LogP contribution in [0.5, 0.6) is 0 Å². The van der Waals surface area contributed by atoms with Gasteiger partial charge in [-0.3, -0.25) is 24.3 Å². The summed E-state index contributed by atoms with van der Waals surface area (Å²) in [6.45, 7) is 1.94. The van der Waals surface area contributed by atoms with Gasteiger partial charge in [-0.05, 0) is 36.8 Å². The highest BCUT2D eigenvalue weighted by atomic mass is 16.2. The number of amides is 2. The molecule has 3 N–H and O–H groups in total. The van der Waals surface area contributed by atoms with Gasteiger partial charge in [0.2, 0.25) is 5.91 Å². The van der Waals surface area contributed by atoms with E-state index in [0.29, 0.717) is 16.9 Å². The van der Waals surface area contributed by atoms with Gasteiger partial charge in [-0.25, -0.2) is 4.68 Å². The fourth-order valence-corrected chi connectivity index (χ4v) is 2.77. The van der Waals surface area contributed by atoms with E-state index >= 15 is 0 Å². The minimum absolute atomic E-state index is 0.0123. The number of aromatic nitrogens is 2. The van der Waals surface area contributed by atoms with Crippen LogP contribution in [0.1, 0.15) is 22.3 Å². The number of para-hydroxylation sites is 1. The van der Waals surface area contributed by atoms with Crippen LogP contribution in [0.2, 0.25) is 0 Å². The molecule has 0 atom stereocenters. The molecule has 0 spiro atoms. The molecule has 29 heavy (non-hydrogen) atoms. The monoisotopic (exact) mass is 392 g/mol. The maximum absolute atomic E-state index is 12.6. The Morgan fingerprint density at radius 3 is 2.55 bits per heavy atom. The standard InChI is InChI=1S/C21H20N4O4/c1-14-5-4-6-15(13-14)22-21(29)16-7-2-3-8-17(16)23-18(26)11-12-25-20(28)10-9-19(27)24-25/h2-10,13H,11-12H2,1H3,(H,22,29)(H,23,26)(H,24,27). The van der Waals surface area contributed by atoms with E-state index in [0.717, 1.165) is 22.4 Å². The van der Waals surface area contributed by atoms with Crippen LogP contribution >= 0.6 is 0 Å². The average Bonchev–Trinajstić information content (AvgIpc) is 2.69. The van der Waals surface area contributed by atoms with E-state index < -0.39 is 17.0 Å². The Hall–Kier alpha value is -3.94. The molecule has 1 aromatic heterocycles. The quantitative estimate of drug-likeness (QED) is 0.596. The van der Waals surface area contributed by atoms with Crippen LogP contribution in [-0.2, 0) is 11.3 Å². The van der Waals surface area contributed by atoms with E-state index in [-0.39, 0.29) is 18.9 Å². The zero-order valence-corrected chi connectivity index (χ0v) is 15.8. The van der Waals surface area contributed by atoms with Crippen LogP contribution in [0.3, 0.4) is 0 Å². The Balaban J connectivity index is 1.69. The molecular formula is C21H20N4O4. The van der Waals surface area contributed by atoms with Crippen LogP contribution in [0.4, 0.5) is 11.4 Å². The van der Waals surface area contributed by atoms with Crippen molar-refractivity contribution in [1.82, 2.24) is 9.78 Å². The Morgan fingerprint density at radius 2 is 1.76 bits per heavy atom. The van der Waals surface area contributed by atoms with Crippen molar-refractivity contribution in [2.24, 2.45) is 0 Å². The van der Waals surface area contributed by atoms with Gasteiger partial charge >= 0.3 is 0 Å². The van der Waals surface area contributed by atoms with E-state index in [1.54, 1.807) is 30.3 Å². The third-order valence-electron chi connectivity index (χ3n) is 4.17. The maximum atomic E-state index is 12.6. The van der Waals surface area contributed by atoms with Gasteiger partial charge in [0.25, 0.3) is 17.0 Å². The molecule has 0 fully saturated rings. The summed E-state index contributed by atoms with van der Waals surface area (Å²) in [5.74, 6) is -0.743. The second-order valence-electron chi connectivity index (χ2n) is 6.47. The number of carbonyl (C=O) groups is 2. The highest BCUT2D eigenvalue weighted by Crippen LogP contribution is 2.18. The SMILES string of the molecule is Cc1cccc(NC(=O)c2ccccc2NC(=O)CCn2[nH]c(=O)ccc2=O)c1. The molecule has 0 radical (unpaired) electrons. The van der Waals surface area contributed by atoms with Crippen LogP contribution in [-0.4, -0.2) is 21.6 Å².